The molecule has 20 heavy (non-hydrogen) atoms. The summed E-state index contributed by atoms with van der Waals surface area (Å²) in [4.78, 5) is 2.20. The Balaban J connectivity index is 2.86. The van der Waals surface area contributed by atoms with E-state index in [0.717, 1.165) is 18.7 Å². The minimum atomic E-state index is -0.386. The van der Waals surface area contributed by atoms with Crippen molar-refractivity contribution in [1.82, 2.24) is 4.90 Å². The molecule has 0 aliphatic rings. The van der Waals surface area contributed by atoms with Crippen LogP contribution in [0.25, 0.3) is 0 Å². The second-order valence-electron chi connectivity index (χ2n) is 6.26. The SMILES string of the molecule is CC(C)(C)CN(CCCO)Cc1ccc(F)cc1C#N. The van der Waals surface area contributed by atoms with Crippen LogP contribution in [0.15, 0.2) is 18.2 Å². The van der Waals surface area contributed by atoms with Gasteiger partial charge in [0.1, 0.15) is 5.82 Å². The van der Waals surface area contributed by atoms with E-state index in [0.29, 0.717) is 18.5 Å². The molecule has 0 unspecified atom stereocenters. The number of nitriles is 1. The second kappa shape index (κ2) is 7.37. The van der Waals surface area contributed by atoms with E-state index in [4.69, 9.17) is 10.4 Å². The molecule has 1 aromatic carbocycles. The van der Waals surface area contributed by atoms with Gasteiger partial charge in [0.15, 0.2) is 0 Å². The Bertz CT molecular complexity index is 474. The molecule has 110 valence electrons. The zero-order valence-electron chi connectivity index (χ0n) is 12.5. The van der Waals surface area contributed by atoms with E-state index in [2.05, 4.69) is 25.7 Å². The Hall–Kier alpha value is -1.44. The molecular weight excluding hydrogens is 255 g/mol. The number of benzene rings is 1. The van der Waals surface area contributed by atoms with Crippen LogP contribution in [0.5, 0.6) is 0 Å². The summed E-state index contributed by atoms with van der Waals surface area (Å²) >= 11 is 0. The molecular formula is C16H23FN2O. The van der Waals surface area contributed by atoms with Gasteiger partial charge in [-0.2, -0.15) is 5.26 Å². The Morgan fingerprint density at radius 1 is 1.35 bits per heavy atom. The largest absolute Gasteiger partial charge is 0.396 e. The normalized spacial score (nSPS) is 11.7. The standard InChI is InChI=1S/C16H23FN2O/c1-16(2,3)12-19(7-4-8-20)11-13-5-6-15(17)9-14(13)10-18/h5-6,9,20H,4,7-8,11-12H2,1-3H3. The fourth-order valence-corrected chi connectivity index (χ4v) is 2.21. The smallest absolute Gasteiger partial charge is 0.124 e. The van der Waals surface area contributed by atoms with Gasteiger partial charge in [-0.3, -0.25) is 4.90 Å². The summed E-state index contributed by atoms with van der Waals surface area (Å²) in [5.74, 6) is -0.386. The summed E-state index contributed by atoms with van der Waals surface area (Å²) in [6.45, 7) is 8.80. The van der Waals surface area contributed by atoms with Crippen LogP contribution in [0.4, 0.5) is 4.39 Å². The number of hydrogen-bond acceptors (Lipinski definition) is 3. The molecule has 1 aromatic rings. The molecule has 0 radical (unpaired) electrons. The molecule has 0 heterocycles. The van der Waals surface area contributed by atoms with Crippen LogP contribution in [-0.2, 0) is 6.54 Å². The number of hydrogen-bond donors (Lipinski definition) is 1. The fourth-order valence-electron chi connectivity index (χ4n) is 2.21. The van der Waals surface area contributed by atoms with Gasteiger partial charge in [0.25, 0.3) is 0 Å². The van der Waals surface area contributed by atoms with Crippen LogP contribution in [0.1, 0.15) is 38.3 Å². The van der Waals surface area contributed by atoms with Crippen molar-refractivity contribution < 1.29 is 9.50 Å². The van der Waals surface area contributed by atoms with Gasteiger partial charge in [0.05, 0.1) is 11.6 Å². The summed E-state index contributed by atoms with van der Waals surface area (Å²) in [7, 11) is 0. The maximum Gasteiger partial charge on any atom is 0.124 e. The molecule has 0 saturated carbocycles. The molecule has 0 saturated heterocycles. The number of halogens is 1. The predicted molar refractivity (Wildman–Crippen MR) is 77.5 cm³/mol. The van der Waals surface area contributed by atoms with Gasteiger partial charge in [-0.05, 0) is 29.5 Å². The lowest BCUT2D eigenvalue weighted by atomic mass is 9.95. The minimum Gasteiger partial charge on any atom is -0.396 e. The molecule has 0 atom stereocenters. The van der Waals surface area contributed by atoms with Gasteiger partial charge in [0, 0.05) is 26.2 Å². The average molecular weight is 278 g/mol. The summed E-state index contributed by atoms with van der Waals surface area (Å²) in [5, 5.41) is 18.1. The van der Waals surface area contributed by atoms with Crippen LogP contribution in [0, 0.1) is 22.6 Å². The zero-order chi connectivity index (χ0) is 15.2. The minimum absolute atomic E-state index is 0.127. The number of aliphatic hydroxyl groups excluding tert-OH is 1. The summed E-state index contributed by atoms with van der Waals surface area (Å²) < 4.78 is 13.1. The summed E-state index contributed by atoms with van der Waals surface area (Å²) in [5.41, 5.74) is 1.34. The number of rotatable bonds is 6. The Morgan fingerprint density at radius 3 is 2.60 bits per heavy atom. The maximum atomic E-state index is 13.1. The van der Waals surface area contributed by atoms with Crippen molar-refractivity contribution in [2.75, 3.05) is 19.7 Å². The van der Waals surface area contributed by atoms with Crippen molar-refractivity contribution >= 4 is 0 Å². The summed E-state index contributed by atoms with van der Waals surface area (Å²) in [6, 6.07) is 6.37. The molecule has 4 heteroatoms. The lowest BCUT2D eigenvalue weighted by molar-refractivity contribution is 0.166. The van der Waals surface area contributed by atoms with Gasteiger partial charge in [0.2, 0.25) is 0 Å². The van der Waals surface area contributed by atoms with E-state index in [1.165, 1.54) is 12.1 Å². The highest BCUT2D eigenvalue weighted by Crippen LogP contribution is 2.19. The van der Waals surface area contributed by atoms with Crippen LogP contribution >= 0.6 is 0 Å². The van der Waals surface area contributed by atoms with Gasteiger partial charge in [-0.25, -0.2) is 4.39 Å². The van der Waals surface area contributed by atoms with E-state index >= 15 is 0 Å². The molecule has 1 rings (SSSR count). The zero-order valence-corrected chi connectivity index (χ0v) is 12.5. The Kier molecular flexibility index (Phi) is 6.12. The predicted octanol–water partition coefficient (Wildman–Crippen LogP) is 2.93. The van der Waals surface area contributed by atoms with E-state index in [9.17, 15) is 4.39 Å². The molecule has 3 nitrogen and oxygen atoms in total. The monoisotopic (exact) mass is 278 g/mol. The van der Waals surface area contributed by atoms with Gasteiger partial charge in [-0.1, -0.05) is 26.8 Å². The molecule has 0 aromatic heterocycles. The maximum absolute atomic E-state index is 13.1. The van der Waals surface area contributed by atoms with Crippen LogP contribution in [-0.4, -0.2) is 29.7 Å². The molecule has 0 bridgehead atoms. The topological polar surface area (TPSA) is 47.3 Å². The molecule has 1 N–H and O–H groups in total. The van der Waals surface area contributed by atoms with E-state index in [1.54, 1.807) is 6.07 Å². The van der Waals surface area contributed by atoms with Crippen LogP contribution in [0.2, 0.25) is 0 Å². The van der Waals surface area contributed by atoms with Gasteiger partial charge < -0.3 is 5.11 Å². The van der Waals surface area contributed by atoms with Crippen molar-refractivity contribution in [3.8, 4) is 6.07 Å². The number of nitrogens with zero attached hydrogens (tertiary/aromatic N) is 2. The highest BCUT2D eigenvalue weighted by molar-refractivity contribution is 5.37. The van der Waals surface area contributed by atoms with E-state index in [1.807, 2.05) is 6.07 Å². The van der Waals surface area contributed by atoms with Crippen LogP contribution in [0.3, 0.4) is 0 Å². The van der Waals surface area contributed by atoms with Crippen molar-refractivity contribution in [1.29, 1.82) is 5.26 Å². The first-order valence-electron chi connectivity index (χ1n) is 6.87. The third kappa shape index (κ3) is 5.68. The van der Waals surface area contributed by atoms with E-state index in [-0.39, 0.29) is 17.8 Å². The average Bonchev–Trinajstić information content (AvgIpc) is 2.36. The first-order chi connectivity index (χ1) is 9.35. The molecule has 0 fully saturated rings. The number of aliphatic hydroxyl groups is 1. The first kappa shape index (κ1) is 16.6. The van der Waals surface area contributed by atoms with Gasteiger partial charge in [-0.15, -0.1) is 0 Å². The van der Waals surface area contributed by atoms with Crippen molar-refractivity contribution in [3.05, 3.63) is 35.1 Å². The van der Waals surface area contributed by atoms with Gasteiger partial charge >= 0.3 is 0 Å². The molecule has 0 amide bonds. The summed E-state index contributed by atoms with van der Waals surface area (Å²) in [6.07, 6.45) is 0.694. The second-order valence-corrected chi connectivity index (χ2v) is 6.26. The van der Waals surface area contributed by atoms with Crippen molar-refractivity contribution in [2.45, 2.75) is 33.7 Å². The molecule has 0 aliphatic carbocycles. The van der Waals surface area contributed by atoms with Crippen molar-refractivity contribution in [3.63, 3.8) is 0 Å². The third-order valence-corrected chi connectivity index (χ3v) is 2.92. The Morgan fingerprint density at radius 2 is 2.05 bits per heavy atom. The lowest BCUT2D eigenvalue weighted by Gasteiger charge is -2.30. The van der Waals surface area contributed by atoms with Crippen LogP contribution < -0.4 is 0 Å². The fraction of sp³-hybridized carbons (Fsp3) is 0.562. The lowest BCUT2D eigenvalue weighted by Crippen LogP contribution is -2.33. The molecule has 0 aliphatic heterocycles. The van der Waals surface area contributed by atoms with Crippen molar-refractivity contribution in [2.24, 2.45) is 5.41 Å². The quantitative estimate of drug-likeness (QED) is 0.870. The third-order valence-electron chi connectivity index (χ3n) is 2.92. The van der Waals surface area contributed by atoms with E-state index < -0.39 is 0 Å². The highest BCUT2D eigenvalue weighted by Gasteiger charge is 2.17. The Labute approximate surface area is 120 Å². The highest BCUT2D eigenvalue weighted by atomic mass is 19.1. The molecule has 0 spiro atoms. The first-order valence-corrected chi connectivity index (χ1v) is 6.87.